The Balaban J connectivity index is 0.00000228. The monoisotopic (exact) mass is 522 g/mol. The van der Waals surface area contributed by atoms with Gasteiger partial charge in [0.05, 0.1) is 40.9 Å². The van der Waals surface area contributed by atoms with Crippen molar-refractivity contribution in [1.82, 2.24) is 19.9 Å². The van der Waals surface area contributed by atoms with E-state index in [0.717, 1.165) is 61.7 Å². The van der Waals surface area contributed by atoms with Gasteiger partial charge in [0.25, 0.3) is 0 Å². The van der Waals surface area contributed by atoms with Gasteiger partial charge in [-0.1, -0.05) is 30.3 Å². The molecule has 0 aliphatic carbocycles. The van der Waals surface area contributed by atoms with Gasteiger partial charge in [0, 0.05) is 37.0 Å². The Kier molecular flexibility index (Phi) is 5.55. The van der Waals surface area contributed by atoms with Crippen molar-refractivity contribution in [1.29, 1.82) is 0 Å². The van der Waals surface area contributed by atoms with Crippen LogP contribution < -0.4 is 4.74 Å². The largest absolute Gasteiger partial charge is 0.494 e. The number of hydrogen-bond acceptors (Lipinski definition) is 3. The summed E-state index contributed by atoms with van der Waals surface area (Å²) in [5, 5.41) is 0. The quantitative estimate of drug-likeness (QED) is 0.261. The van der Waals surface area contributed by atoms with E-state index in [9.17, 15) is 0 Å². The molecule has 0 saturated carbocycles. The molecule has 0 atom stereocenters. The predicted octanol–water partition coefficient (Wildman–Crippen LogP) is 6.33. The number of aromatic amines is 2. The fraction of sp³-hybridized carbons (Fsp3) is 0.0370. The molecule has 2 aliphatic heterocycles. The number of hydrogen-bond donors (Lipinski definition) is 2. The van der Waals surface area contributed by atoms with Gasteiger partial charge in [-0.2, -0.15) is 0 Å². The van der Waals surface area contributed by atoms with Gasteiger partial charge in [0.15, 0.2) is 5.75 Å². The number of nitrogens with zero attached hydrogens (tertiary/aromatic N) is 2. The van der Waals surface area contributed by atoms with Crippen LogP contribution in [0.3, 0.4) is 0 Å². The Morgan fingerprint density at radius 2 is 1.18 bits per heavy atom. The fourth-order valence-electron chi connectivity index (χ4n) is 4.16. The average molecular weight is 523 g/mol. The molecule has 5 nitrogen and oxygen atoms in total. The maximum absolute atomic E-state index is 5.88. The van der Waals surface area contributed by atoms with E-state index in [-0.39, 0.29) is 20.4 Å². The molecule has 8 bridgehead atoms. The maximum Gasteiger partial charge on any atom is 0.152 e. The van der Waals surface area contributed by atoms with Crippen LogP contribution in [0.4, 0.5) is 0 Å². The van der Waals surface area contributed by atoms with Crippen LogP contribution in [0.1, 0.15) is 22.8 Å². The Hall–Kier alpha value is -3.72. The first-order valence-electron chi connectivity index (χ1n) is 10.5. The molecule has 5 heterocycles. The second-order valence-corrected chi connectivity index (χ2v) is 7.76. The minimum atomic E-state index is 0. The molecule has 2 N–H and O–H groups in total. The van der Waals surface area contributed by atoms with E-state index in [0.29, 0.717) is 0 Å². The molecule has 4 aromatic rings. The van der Waals surface area contributed by atoms with Crippen molar-refractivity contribution in [2.45, 2.75) is 0 Å². The summed E-state index contributed by atoms with van der Waals surface area (Å²) < 4.78 is 5.88. The molecule has 0 radical (unpaired) electrons. The zero-order chi connectivity index (χ0) is 21.5. The maximum atomic E-state index is 5.88. The van der Waals surface area contributed by atoms with Crippen molar-refractivity contribution in [3.8, 4) is 16.9 Å². The van der Waals surface area contributed by atoms with Crippen molar-refractivity contribution in [3.63, 3.8) is 0 Å². The van der Waals surface area contributed by atoms with Crippen molar-refractivity contribution >= 4 is 46.4 Å². The van der Waals surface area contributed by atoms with Crippen LogP contribution in [0.2, 0.25) is 0 Å². The van der Waals surface area contributed by atoms with Gasteiger partial charge in [0.2, 0.25) is 0 Å². The molecule has 0 spiro atoms. The van der Waals surface area contributed by atoms with E-state index < -0.39 is 0 Å². The number of ether oxygens (including phenoxy) is 1. The van der Waals surface area contributed by atoms with E-state index in [1.807, 2.05) is 72.8 Å². The summed E-state index contributed by atoms with van der Waals surface area (Å²) in [5.41, 5.74) is 9.42. The number of methoxy groups -OCH3 is 1. The molecule has 0 fully saturated rings. The number of fused-ring (bicyclic) bond motifs is 8. The summed E-state index contributed by atoms with van der Waals surface area (Å²) in [7, 11) is 1.70. The van der Waals surface area contributed by atoms with Crippen LogP contribution >= 0.6 is 0 Å². The number of nitrogens with one attached hydrogen (secondary N) is 2. The second-order valence-electron chi connectivity index (χ2n) is 7.76. The first-order valence-corrected chi connectivity index (χ1v) is 10.5. The Bertz CT molecular complexity index is 1560. The topological polar surface area (TPSA) is 66.6 Å². The van der Waals surface area contributed by atoms with Gasteiger partial charge < -0.3 is 14.7 Å². The summed E-state index contributed by atoms with van der Waals surface area (Å²) in [6.07, 6.45) is 8.07. The normalized spacial score (nSPS) is 11.9. The van der Waals surface area contributed by atoms with Crippen molar-refractivity contribution in [3.05, 3.63) is 89.5 Å². The van der Waals surface area contributed by atoms with Crippen molar-refractivity contribution in [2.24, 2.45) is 0 Å². The number of H-pyrrole nitrogens is 2. The second kappa shape index (κ2) is 8.67. The first-order chi connectivity index (χ1) is 15.7. The van der Waals surface area contributed by atoms with Crippen LogP contribution in [0.15, 0.2) is 66.7 Å². The van der Waals surface area contributed by atoms with E-state index in [4.69, 9.17) is 14.7 Å². The molecular weight excluding hydrogens is 503 g/mol. The number of rotatable bonds is 2. The summed E-state index contributed by atoms with van der Waals surface area (Å²) >= 11 is 0. The summed E-state index contributed by atoms with van der Waals surface area (Å²) in [6, 6.07) is 22.5. The average Bonchev–Trinajstić information content (AvgIpc) is 3.58. The zero-order valence-corrected chi connectivity index (χ0v) is 19.3. The van der Waals surface area contributed by atoms with Crippen LogP contribution in [-0.2, 0) is 20.4 Å². The molecule has 2 aliphatic rings. The number of aromatic nitrogens is 4. The molecule has 3 aromatic heterocycles. The molecule has 164 valence electrons. The number of benzene rings is 1. The summed E-state index contributed by atoms with van der Waals surface area (Å²) in [6.45, 7) is 0. The third kappa shape index (κ3) is 4.07. The molecule has 0 amide bonds. The van der Waals surface area contributed by atoms with Crippen LogP contribution in [0, 0.1) is 0 Å². The third-order valence-corrected chi connectivity index (χ3v) is 5.57. The SMILES string of the molecule is COc1c(-c2ccccc2)c2cc3nc(cc4ccc(cc5nc(cc1[nH]2)C=C5)[nH]4)C=C3.[Pd]. The van der Waals surface area contributed by atoms with Gasteiger partial charge in [-0.15, -0.1) is 0 Å². The standard InChI is InChI=1S/C27H20N4O.Pd/c1-32-27-25-16-23-12-10-21(30-23)14-19-8-7-18(28-19)13-20-9-11-22(29-20)15-24(31-25)26(27)17-5-3-2-4-6-17;/h2-16,28,31H,1H3;. The molecule has 6 rings (SSSR count). The van der Waals surface area contributed by atoms with Crippen molar-refractivity contribution in [2.75, 3.05) is 7.11 Å². The van der Waals surface area contributed by atoms with Crippen LogP contribution in [0.5, 0.6) is 5.75 Å². The molecule has 6 heteroatoms. The molecule has 1 aromatic carbocycles. The fourth-order valence-corrected chi connectivity index (χ4v) is 4.16. The third-order valence-electron chi connectivity index (χ3n) is 5.57. The first kappa shape index (κ1) is 21.1. The van der Waals surface area contributed by atoms with Crippen LogP contribution in [0.25, 0.3) is 57.5 Å². The Morgan fingerprint density at radius 1 is 0.636 bits per heavy atom. The molecule has 0 saturated heterocycles. The van der Waals surface area contributed by atoms with Crippen molar-refractivity contribution < 1.29 is 25.2 Å². The smallest absolute Gasteiger partial charge is 0.152 e. The van der Waals surface area contributed by atoms with Gasteiger partial charge >= 0.3 is 0 Å². The van der Waals surface area contributed by atoms with E-state index in [2.05, 4.69) is 28.2 Å². The predicted molar refractivity (Wildman–Crippen MR) is 131 cm³/mol. The van der Waals surface area contributed by atoms with Gasteiger partial charge in [-0.3, -0.25) is 0 Å². The molecular formula is C27H20N4OPd. The Morgan fingerprint density at radius 3 is 1.76 bits per heavy atom. The summed E-state index contributed by atoms with van der Waals surface area (Å²) in [4.78, 5) is 16.5. The van der Waals surface area contributed by atoms with Gasteiger partial charge in [-0.05, 0) is 66.3 Å². The van der Waals surface area contributed by atoms with Crippen LogP contribution in [-0.4, -0.2) is 27.0 Å². The Labute approximate surface area is 204 Å². The zero-order valence-electron chi connectivity index (χ0n) is 17.8. The van der Waals surface area contributed by atoms with E-state index in [1.165, 1.54) is 0 Å². The van der Waals surface area contributed by atoms with E-state index in [1.54, 1.807) is 7.11 Å². The van der Waals surface area contributed by atoms with Gasteiger partial charge in [-0.25, -0.2) is 9.97 Å². The minimum absolute atomic E-state index is 0. The molecule has 0 unspecified atom stereocenters. The van der Waals surface area contributed by atoms with Gasteiger partial charge in [0.1, 0.15) is 0 Å². The molecule has 33 heavy (non-hydrogen) atoms. The summed E-state index contributed by atoms with van der Waals surface area (Å²) in [5.74, 6) is 0.784. The van der Waals surface area contributed by atoms with E-state index >= 15 is 0 Å². The minimum Gasteiger partial charge on any atom is -0.494 e.